The van der Waals surface area contributed by atoms with E-state index >= 15 is 0 Å². The van der Waals surface area contributed by atoms with Crippen molar-refractivity contribution < 1.29 is 13.2 Å². The lowest BCUT2D eigenvalue weighted by Gasteiger charge is -2.22. The molecule has 3 aromatic rings. The van der Waals surface area contributed by atoms with Crippen LogP contribution in [0.1, 0.15) is 40.9 Å². The highest BCUT2D eigenvalue weighted by Gasteiger charge is 2.28. The summed E-state index contributed by atoms with van der Waals surface area (Å²) < 4.78 is 29.1. The van der Waals surface area contributed by atoms with Gasteiger partial charge < -0.3 is 0 Å². The van der Waals surface area contributed by atoms with Gasteiger partial charge in [-0.1, -0.05) is 72.6 Å². The molecule has 31 heavy (non-hydrogen) atoms. The van der Waals surface area contributed by atoms with E-state index in [0.29, 0.717) is 28.1 Å². The van der Waals surface area contributed by atoms with Gasteiger partial charge in [0.2, 0.25) is 10.0 Å². The van der Waals surface area contributed by atoms with Crippen LogP contribution in [0.2, 0.25) is 5.02 Å². The summed E-state index contributed by atoms with van der Waals surface area (Å²) in [6, 6.07) is 21.4. The lowest BCUT2D eigenvalue weighted by atomic mass is 9.92. The van der Waals surface area contributed by atoms with Crippen molar-refractivity contribution in [1.29, 1.82) is 0 Å². The molecule has 3 rings (SSSR count). The van der Waals surface area contributed by atoms with Crippen molar-refractivity contribution in [2.75, 3.05) is 0 Å². The van der Waals surface area contributed by atoms with Gasteiger partial charge in [0.05, 0.1) is 10.9 Å². The predicted molar refractivity (Wildman–Crippen MR) is 125 cm³/mol. The second kappa shape index (κ2) is 10.1. The Morgan fingerprint density at radius 1 is 0.968 bits per heavy atom. The molecule has 0 bridgehead atoms. The van der Waals surface area contributed by atoms with E-state index in [1.54, 1.807) is 66.7 Å². The molecular formula is C25H24ClNO3S. The number of benzene rings is 3. The van der Waals surface area contributed by atoms with Gasteiger partial charge in [-0.05, 0) is 55.3 Å². The summed E-state index contributed by atoms with van der Waals surface area (Å²) in [7, 11) is -3.87. The molecule has 6 heteroatoms. The van der Waals surface area contributed by atoms with Crippen molar-refractivity contribution in [3.05, 3.63) is 112 Å². The van der Waals surface area contributed by atoms with Gasteiger partial charge in [0.25, 0.3) is 0 Å². The van der Waals surface area contributed by atoms with E-state index in [0.717, 1.165) is 5.56 Å². The first-order valence-corrected chi connectivity index (χ1v) is 11.8. The minimum absolute atomic E-state index is 0.147. The maximum atomic E-state index is 13.4. The number of aryl methyl sites for hydroxylation is 1. The second-order valence-electron chi connectivity index (χ2n) is 7.18. The molecule has 0 saturated heterocycles. The maximum absolute atomic E-state index is 13.4. The molecule has 0 aliphatic heterocycles. The van der Waals surface area contributed by atoms with E-state index in [-0.39, 0.29) is 10.7 Å². The Kier molecular flexibility index (Phi) is 7.44. The first kappa shape index (κ1) is 22.9. The Balaban J connectivity index is 2.06. The highest BCUT2D eigenvalue weighted by atomic mass is 35.5. The standard InChI is InChI=1S/C25H24ClNO3S/c1-3-7-23(25(28)20-12-14-21(26)15-13-20)24(19-8-5-4-6-9-19)27-31(29,30)22-16-10-18(2)11-17-22/h4-17,24,27H,3H2,1-2H3/b23-7-. The summed E-state index contributed by atoms with van der Waals surface area (Å²) in [4.78, 5) is 13.5. The van der Waals surface area contributed by atoms with Gasteiger partial charge >= 0.3 is 0 Å². The summed E-state index contributed by atoms with van der Waals surface area (Å²) >= 11 is 5.96. The Morgan fingerprint density at radius 3 is 2.16 bits per heavy atom. The Hall–Kier alpha value is -2.73. The van der Waals surface area contributed by atoms with E-state index in [1.807, 2.05) is 32.0 Å². The van der Waals surface area contributed by atoms with E-state index in [9.17, 15) is 13.2 Å². The van der Waals surface area contributed by atoms with E-state index in [2.05, 4.69) is 4.72 Å². The SMILES string of the molecule is CC/C=C(\C(=O)c1ccc(Cl)cc1)C(NS(=O)(=O)c1ccc(C)cc1)c1ccccc1. The molecule has 0 radical (unpaired) electrons. The van der Waals surface area contributed by atoms with Crippen LogP contribution in [0.25, 0.3) is 0 Å². The molecule has 0 heterocycles. The number of hydrogen-bond donors (Lipinski definition) is 1. The zero-order valence-electron chi connectivity index (χ0n) is 17.4. The molecule has 0 amide bonds. The average Bonchev–Trinajstić information content (AvgIpc) is 2.77. The van der Waals surface area contributed by atoms with Gasteiger partial charge in [-0.15, -0.1) is 0 Å². The van der Waals surface area contributed by atoms with Crippen molar-refractivity contribution in [3.63, 3.8) is 0 Å². The Labute approximate surface area is 188 Å². The minimum Gasteiger partial charge on any atom is -0.289 e. The summed E-state index contributed by atoms with van der Waals surface area (Å²) in [6.45, 7) is 3.80. The number of ketones is 1. The first-order chi connectivity index (χ1) is 14.8. The third-order valence-electron chi connectivity index (χ3n) is 4.84. The van der Waals surface area contributed by atoms with Crippen LogP contribution in [0.4, 0.5) is 0 Å². The van der Waals surface area contributed by atoms with Gasteiger partial charge in [-0.25, -0.2) is 8.42 Å². The number of hydrogen-bond acceptors (Lipinski definition) is 3. The van der Waals surface area contributed by atoms with Crippen LogP contribution < -0.4 is 4.72 Å². The molecule has 3 aromatic carbocycles. The summed E-state index contributed by atoms with van der Waals surface area (Å²) in [5.41, 5.74) is 2.45. The molecule has 1 atom stereocenters. The van der Waals surface area contributed by atoms with Crippen LogP contribution in [-0.2, 0) is 10.0 Å². The van der Waals surface area contributed by atoms with Crippen molar-refractivity contribution in [2.24, 2.45) is 0 Å². The largest absolute Gasteiger partial charge is 0.289 e. The zero-order chi connectivity index (χ0) is 22.4. The Bertz CT molecular complexity index is 1170. The third kappa shape index (κ3) is 5.70. The van der Waals surface area contributed by atoms with Crippen LogP contribution in [0, 0.1) is 6.92 Å². The van der Waals surface area contributed by atoms with Gasteiger partial charge in [-0.2, -0.15) is 4.72 Å². The average molecular weight is 454 g/mol. The normalized spacial score (nSPS) is 13.1. The van der Waals surface area contributed by atoms with Crippen LogP contribution in [0.5, 0.6) is 0 Å². The minimum atomic E-state index is -3.87. The molecular weight excluding hydrogens is 430 g/mol. The van der Waals surface area contributed by atoms with Gasteiger partial charge in [0.1, 0.15) is 0 Å². The molecule has 0 spiro atoms. The number of carbonyl (C=O) groups is 1. The van der Waals surface area contributed by atoms with Gasteiger partial charge in [0.15, 0.2) is 5.78 Å². The van der Waals surface area contributed by atoms with Crippen LogP contribution in [-0.4, -0.2) is 14.2 Å². The van der Waals surface area contributed by atoms with E-state index in [1.165, 1.54) is 0 Å². The smallest absolute Gasteiger partial charge is 0.241 e. The first-order valence-electron chi connectivity index (χ1n) is 9.96. The quantitative estimate of drug-likeness (QED) is 0.341. The fraction of sp³-hybridized carbons (Fsp3) is 0.160. The third-order valence-corrected chi connectivity index (χ3v) is 6.53. The zero-order valence-corrected chi connectivity index (χ0v) is 19.0. The predicted octanol–water partition coefficient (Wildman–Crippen LogP) is 5.89. The van der Waals surface area contributed by atoms with E-state index in [4.69, 9.17) is 11.6 Å². The molecule has 1 unspecified atom stereocenters. The van der Waals surface area contributed by atoms with E-state index < -0.39 is 16.1 Å². The van der Waals surface area contributed by atoms with Crippen LogP contribution in [0.15, 0.2) is 95.4 Å². The second-order valence-corrected chi connectivity index (χ2v) is 9.33. The number of allylic oxidation sites excluding steroid dienone is 1. The number of Topliss-reactive ketones (excluding diaryl/α,β-unsaturated/α-hetero) is 1. The monoisotopic (exact) mass is 453 g/mol. The molecule has 4 nitrogen and oxygen atoms in total. The summed E-state index contributed by atoms with van der Waals surface area (Å²) in [5, 5.41) is 0.525. The number of halogens is 1. The summed E-state index contributed by atoms with van der Waals surface area (Å²) in [5.74, 6) is -0.251. The van der Waals surface area contributed by atoms with Crippen molar-refractivity contribution in [3.8, 4) is 0 Å². The molecule has 0 aliphatic carbocycles. The number of carbonyl (C=O) groups excluding carboxylic acids is 1. The van der Waals surface area contributed by atoms with Crippen LogP contribution >= 0.6 is 11.6 Å². The number of rotatable bonds is 8. The highest BCUT2D eigenvalue weighted by Crippen LogP contribution is 2.28. The molecule has 1 N–H and O–H groups in total. The fourth-order valence-electron chi connectivity index (χ4n) is 3.23. The van der Waals surface area contributed by atoms with Gasteiger partial charge in [-0.3, -0.25) is 4.79 Å². The van der Waals surface area contributed by atoms with Crippen molar-refractivity contribution >= 4 is 27.4 Å². The molecule has 160 valence electrons. The highest BCUT2D eigenvalue weighted by molar-refractivity contribution is 7.89. The molecule has 0 fully saturated rings. The number of sulfonamides is 1. The number of nitrogens with one attached hydrogen (secondary N) is 1. The topological polar surface area (TPSA) is 63.2 Å². The maximum Gasteiger partial charge on any atom is 0.241 e. The molecule has 0 aliphatic rings. The summed E-state index contributed by atoms with van der Waals surface area (Å²) in [6.07, 6.45) is 2.34. The van der Waals surface area contributed by atoms with Crippen molar-refractivity contribution in [2.45, 2.75) is 31.2 Å². The lowest BCUT2D eigenvalue weighted by molar-refractivity contribution is 0.102. The lowest BCUT2D eigenvalue weighted by Crippen LogP contribution is -2.32. The molecule has 0 aromatic heterocycles. The fourth-order valence-corrected chi connectivity index (χ4v) is 4.56. The van der Waals surface area contributed by atoms with Gasteiger partial charge in [0, 0.05) is 16.2 Å². The van der Waals surface area contributed by atoms with Crippen LogP contribution in [0.3, 0.4) is 0 Å². The molecule has 0 saturated carbocycles. The van der Waals surface area contributed by atoms with Crippen molar-refractivity contribution in [1.82, 2.24) is 4.72 Å². The Morgan fingerprint density at radius 2 is 1.58 bits per heavy atom.